The van der Waals surface area contributed by atoms with Crippen molar-refractivity contribution in [2.75, 3.05) is 5.32 Å². The minimum absolute atomic E-state index is 0.0562. The SMILES string of the molecule is N#Cc1cnc(Nc2ccc(S(=O)(=O)NC3CC(F)(F)C3)cc2)nc1O[C@@H]1CCCC[C@@H]1O. The predicted octanol–water partition coefficient (Wildman–Crippen LogP) is 2.85. The van der Waals surface area contributed by atoms with Crippen molar-refractivity contribution in [3.05, 3.63) is 36.0 Å². The van der Waals surface area contributed by atoms with Crippen LogP contribution < -0.4 is 14.8 Å². The van der Waals surface area contributed by atoms with Crippen LogP contribution in [0.4, 0.5) is 20.4 Å². The van der Waals surface area contributed by atoms with E-state index in [0.717, 1.165) is 12.8 Å². The van der Waals surface area contributed by atoms with Crippen molar-refractivity contribution in [2.24, 2.45) is 0 Å². The fraction of sp³-hybridized carbons (Fsp3) is 0.476. The molecule has 0 aliphatic heterocycles. The van der Waals surface area contributed by atoms with Gasteiger partial charge >= 0.3 is 0 Å². The molecule has 176 valence electrons. The number of nitrogens with zero attached hydrogens (tertiary/aromatic N) is 3. The van der Waals surface area contributed by atoms with E-state index in [0.29, 0.717) is 18.5 Å². The van der Waals surface area contributed by atoms with E-state index in [9.17, 15) is 27.6 Å². The van der Waals surface area contributed by atoms with Gasteiger partial charge in [0.1, 0.15) is 17.7 Å². The van der Waals surface area contributed by atoms with Gasteiger partial charge in [-0.25, -0.2) is 26.9 Å². The number of hydrogen-bond acceptors (Lipinski definition) is 8. The minimum atomic E-state index is -3.92. The lowest BCUT2D eigenvalue weighted by Crippen LogP contribution is -2.50. The third kappa shape index (κ3) is 5.55. The summed E-state index contributed by atoms with van der Waals surface area (Å²) in [5, 5.41) is 22.4. The monoisotopic (exact) mass is 479 g/mol. The number of hydrogen-bond donors (Lipinski definition) is 3. The molecule has 12 heteroatoms. The van der Waals surface area contributed by atoms with Crippen molar-refractivity contribution < 1.29 is 27.0 Å². The van der Waals surface area contributed by atoms with E-state index in [4.69, 9.17) is 4.74 Å². The predicted molar refractivity (Wildman–Crippen MR) is 114 cm³/mol. The van der Waals surface area contributed by atoms with E-state index < -0.39 is 47.0 Å². The summed E-state index contributed by atoms with van der Waals surface area (Å²) in [6.45, 7) is 0. The Hall–Kier alpha value is -2.88. The standard InChI is InChI=1S/C21H23F2N5O4S/c22-21(23)9-15(10-21)28-33(30,31)16-7-5-14(6-8-16)26-20-25-12-13(11-24)19(27-20)32-18-4-2-1-3-17(18)29/h5-8,12,15,17-18,28-29H,1-4,9-10H2,(H,25,26,27)/t17-,18+/m0/s1. The molecule has 0 amide bonds. The summed E-state index contributed by atoms with van der Waals surface area (Å²) in [6, 6.07) is 6.82. The van der Waals surface area contributed by atoms with E-state index in [2.05, 4.69) is 20.0 Å². The largest absolute Gasteiger partial charge is 0.471 e. The van der Waals surface area contributed by atoms with Gasteiger partial charge in [0.2, 0.25) is 21.9 Å². The molecule has 0 spiro atoms. The number of nitriles is 1. The lowest BCUT2D eigenvalue weighted by atomic mass is 9.89. The average Bonchev–Trinajstić information content (AvgIpc) is 2.74. The number of ether oxygens (including phenoxy) is 1. The quantitative estimate of drug-likeness (QED) is 0.551. The van der Waals surface area contributed by atoms with Crippen LogP contribution in [0.1, 0.15) is 44.1 Å². The topological polar surface area (TPSA) is 137 Å². The van der Waals surface area contributed by atoms with Gasteiger partial charge in [0.05, 0.1) is 17.2 Å². The Labute approximate surface area is 189 Å². The van der Waals surface area contributed by atoms with Crippen LogP contribution in [0.25, 0.3) is 0 Å². The molecule has 2 aliphatic rings. The van der Waals surface area contributed by atoms with Gasteiger partial charge in [-0.1, -0.05) is 6.42 Å². The van der Waals surface area contributed by atoms with Crippen LogP contribution in [0.3, 0.4) is 0 Å². The first-order chi connectivity index (χ1) is 15.6. The van der Waals surface area contributed by atoms with Crippen molar-refractivity contribution in [1.29, 1.82) is 5.26 Å². The molecule has 2 fully saturated rings. The van der Waals surface area contributed by atoms with Gasteiger partial charge in [-0.05, 0) is 43.5 Å². The van der Waals surface area contributed by atoms with Crippen LogP contribution >= 0.6 is 0 Å². The van der Waals surface area contributed by atoms with Crippen LogP contribution in [-0.4, -0.2) is 47.7 Å². The van der Waals surface area contributed by atoms with Gasteiger partial charge in [0.15, 0.2) is 0 Å². The first kappa shape index (κ1) is 23.3. The fourth-order valence-electron chi connectivity index (χ4n) is 3.83. The molecule has 1 aromatic heterocycles. The number of halogens is 2. The Balaban J connectivity index is 1.44. The number of benzene rings is 1. The van der Waals surface area contributed by atoms with Gasteiger partial charge in [0, 0.05) is 24.6 Å². The van der Waals surface area contributed by atoms with Gasteiger partial charge in [0.25, 0.3) is 5.92 Å². The maximum absolute atomic E-state index is 13.0. The molecule has 0 unspecified atom stereocenters. The normalized spacial score (nSPS) is 22.7. The van der Waals surface area contributed by atoms with Crippen LogP contribution in [0.2, 0.25) is 0 Å². The Morgan fingerprint density at radius 3 is 2.52 bits per heavy atom. The molecule has 2 atom stereocenters. The second-order valence-electron chi connectivity index (χ2n) is 8.26. The lowest BCUT2D eigenvalue weighted by molar-refractivity contribution is -0.0876. The number of anilines is 2. The highest BCUT2D eigenvalue weighted by atomic mass is 32.2. The summed E-state index contributed by atoms with van der Waals surface area (Å²) < 4.78 is 58.7. The van der Waals surface area contributed by atoms with Crippen LogP contribution in [0, 0.1) is 11.3 Å². The van der Waals surface area contributed by atoms with E-state index in [1.165, 1.54) is 30.5 Å². The molecular formula is C21H23F2N5O4S. The van der Waals surface area contributed by atoms with Gasteiger partial charge in [-0.15, -0.1) is 0 Å². The Kier molecular flexibility index (Phi) is 6.47. The lowest BCUT2D eigenvalue weighted by Gasteiger charge is -2.34. The number of rotatable bonds is 7. The molecule has 0 bridgehead atoms. The number of aromatic nitrogens is 2. The zero-order valence-electron chi connectivity index (χ0n) is 17.5. The fourth-order valence-corrected chi connectivity index (χ4v) is 5.07. The third-order valence-electron chi connectivity index (χ3n) is 5.64. The van der Waals surface area contributed by atoms with Crippen molar-refractivity contribution >= 4 is 21.7 Å². The molecule has 2 aromatic rings. The van der Waals surface area contributed by atoms with Gasteiger partial charge in [-0.3, -0.25) is 0 Å². The smallest absolute Gasteiger partial charge is 0.251 e. The summed E-state index contributed by atoms with van der Waals surface area (Å²) in [4.78, 5) is 8.25. The number of alkyl halides is 2. The van der Waals surface area contributed by atoms with Crippen molar-refractivity contribution in [3.8, 4) is 11.9 Å². The van der Waals surface area contributed by atoms with Gasteiger partial charge < -0.3 is 15.2 Å². The summed E-state index contributed by atoms with van der Waals surface area (Å²) in [5.74, 6) is -2.64. The summed E-state index contributed by atoms with van der Waals surface area (Å²) >= 11 is 0. The number of sulfonamides is 1. The van der Waals surface area contributed by atoms with E-state index in [1.54, 1.807) is 0 Å². The zero-order chi connectivity index (χ0) is 23.6. The summed E-state index contributed by atoms with van der Waals surface area (Å²) in [6.07, 6.45) is 2.29. The first-order valence-electron chi connectivity index (χ1n) is 10.5. The van der Waals surface area contributed by atoms with E-state index in [-0.39, 0.29) is 22.3 Å². The van der Waals surface area contributed by atoms with E-state index in [1.807, 2.05) is 6.07 Å². The molecule has 2 aliphatic carbocycles. The van der Waals surface area contributed by atoms with Crippen molar-refractivity contribution in [1.82, 2.24) is 14.7 Å². The molecule has 4 rings (SSSR count). The van der Waals surface area contributed by atoms with Crippen molar-refractivity contribution in [3.63, 3.8) is 0 Å². The summed E-state index contributed by atoms with van der Waals surface area (Å²) in [5.41, 5.74) is 0.602. The summed E-state index contributed by atoms with van der Waals surface area (Å²) in [7, 11) is -3.92. The zero-order valence-corrected chi connectivity index (χ0v) is 18.4. The number of aliphatic hydroxyl groups is 1. The molecule has 2 saturated carbocycles. The molecule has 0 saturated heterocycles. The molecule has 33 heavy (non-hydrogen) atoms. The van der Waals surface area contributed by atoms with Crippen molar-refractivity contribution in [2.45, 2.75) is 67.6 Å². The number of aliphatic hydroxyl groups excluding tert-OH is 1. The Bertz CT molecular complexity index is 1150. The van der Waals surface area contributed by atoms with E-state index >= 15 is 0 Å². The van der Waals surface area contributed by atoms with Crippen LogP contribution in [0.15, 0.2) is 35.4 Å². The molecule has 3 N–H and O–H groups in total. The highest BCUT2D eigenvalue weighted by Gasteiger charge is 2.46. The van der Waals surface area contributed by atoms with Crippen LogP contribution in [0.5, 0.6) is 5.88 Å². The second-order valence-corrected chi connectivity index (χ2v) is 9.98. The minimum Gasteiger partial charge on any atom is -0.471 e. The third-order valence-corrected chi connectivity index (χ3v) is 7.17. The maximum Gasteiger partial charge on any atom is 0.251 e. The molecular weight excluding hydrogens is 456 g/mol. The molecule has 9 nitrogen and oxygen atoms in total. The molecule has 1 aromatic carbocycles. The average molecular weight is 480 g/mol. The van der Waals surface area contributed by atoms with Crippen LogP contribution in [-0.2, 0) is 10.0 Å². The highest BCUT2D eigenvalue weighted by molar-refractivity contribution is 7.89. The van der Waals surface area contributed by atoms with Gasteiger partial charge in [-0.2, -0.15) is 10.2 Å². The highest BCUT2D eigenvalue weighted by Crippen LogP contribution is 2.38. The Morgan fingerprint density at radius 1 is 1.18 bits per heavy atom. The maximum atomic E-state index is 13.0. The second kappa shape index (κ2) is 9.17. The molecule has 0 radical (unpaired) electrons. The Morgan fingerprint density at radius 2 is 1.88 bits per heavy atom. The molecule has 1 heterocycles. The first-order valence-corrected chi connectivity index (χ1v) is 12.0. The number of nitrogens with one attached hydrogen (secondary N) is 2.